The molecule has 0 bridgehead atoms. The SMILES string of the molecule is Cc1cc(Br)ccc1N1CCC(O)(CN)CC1. The number of nitrogens with two attached hydrogens (primary N) is 1. The smallest absolute Gasteiger partial charge is 0.0803 e. The van der Waals surface area contributed by atoms with Gasteiger partial charge in [0.1, 0.15) is 0 Å². The van der Waals surface area contributed by atoms with Crippen LogP contribution in [-0.4, -0.2) is 30.3 Å². The highest BCUT2D eigenvalue weighted by molar-refractivity contribution is 9.10. The monoisotopic (exact) mass is 298 g/mol. The molecule has 4 heteroatoms. The van der Waals surface area contributed by atoms with Gasteiger partial charge in [-0.1, -0.05) is 15.9 Å². The number of piperidine rings is 1. The Kier molecular flexibility index (Phi) is 3.76. The Morgan fingerprint density at radius 3 is 2.59 bits per heavy atom. The summed E-state index contributed by atoms with van der Waals surface area (Å²) < 4.78 is 1.11. The second-order valence-electron chi connectivity index (χ2n) is 4.85. The van der Waals surface area contributed by atoms with Gasteiger partial charge in [0.05, 0.1) is 5.60 Å². The van der Waals surface area contributed by atoms with Gasteiger partial charge < -0.3 is 15.7 Å². The van der Waals surface area contributed by atoms with E-state index < -0.39 is 5.60 Å². The van der Waals surface area contributed by atoms with Gasteiger partial charge in [0.2, 0.25) is 0 Å². The summed E-state index contributed by atoms with van der Waals surface area (Å²) in [7, 11) is 0. The summed E-state index contributed by atoms with van der Waals surface area (Å²) >= 11 is 3.47. The minimum atomic E-state index is -0.653. The molecule has 0 unspecified atom stereocenters. The molecule has 2 rings (SSSR count). The largest absolute Gasteiger partial charge is 0.388 e. The summed E-state index contributed by atoms with van der Waals surface area (Å²) in [5.41, 5.74) is 7.46. The van der Waals surface area contributed by atoms with Gasteiger partial charge in [-0.25, -0.2) is 0 Å². The Labute approximate surface area is 111 Å². The van der Waals surface area contributed by atoms with E-state index in [-0.39, 0.29) is 0 Å². The van der Waals surface area contributed by atoms with E-state index in [0.717, 1.165) is 30.4 Å². The highest BCUT2D eigenvalue weighted by Crippen LogP contribution is 2.29. The quantitative estimate of drug-likeness (QED) is 0.878. The van der Waals surface area contributed by atoms with Crippen molar-refractivity contribution in [2.45, 2.75) is 25.4 Å². The lowest BCUT2D eigenvalue weighted by molar-refractivity contribution is 0.0250. The second kappa shape index (κ2) is 4.96. The first kappa shape index (κ1) is 12.9. The standard InChI is InChI=1S/C13H19BrN2O/c1-10-8-11(14)2-3-12(10)16-6-4-13(17,9-15)5-7-16/h2-3,8,17H,4-7,9,15H2,1H3. The number of hydrogen-bond acceptors (Lipinski definition) is 3. The van der Waals surface area contributed by atoms with Gasteiger partial charge in [-0.15, -0.1) is 0 Å². The molecule has 1 heterocycles. The minimum absolute atomic E-state index is 0.361. The average molecular weight is 299 g/mol. The van der Waals surface area contributed by atoms with Crippen LogP contribution in [0.4, 0.5) is 5.69 Å². The van der Waals surface area contributed by atoms with Gasteiger partial charge in [-0.3, -0.25) is 0 Å². The van der Waals surface area contributed by atoms with Gasteiger partial charge in [0.25, 0.3) is 0 Å². The van der Waals surface area contributed by atoms with Crippen molar-refractivity contribution in [3.8, 4) is 0 Å². The van der Waals surface area contributed by atoms with Crippen LogP contribution in [0.3, 0.4) is 0 Å². The number of rotatable bonds is 2. The topological polar surface area (TPSA) is 49.5 Å². The Balaban J connectivity index is 2.10. The Bertz CT molecular complexity index is 400. The first-order valence-electron chi connectivity index (χ1n) is 5.98. The maximum absolute atomic E-state index is 10.1. The van der Waals surface area contributed by atoms with Crippen LogP contribution in [0.25, 0.3) is 0 Å². The van der Waals surface area contributed by atoms with Crippen LogP contribution < -0.4 is 10.6 Å². The summed E-state index contributed by atoms with van der Waals surface area (Å²) in [6.45, 7) is 4.22. The molecule has 17 heavy (non-hydrogen) atoms. The molecule has 0 radical (unpaired) electrons. The molecule has 3 N–H and O–H groups in total. The lowest BCUT2D eigenvalue weighted by Gasteiger charge is -2.39. The fraction of sp³-hybridized carbons (Fsp3) is 0.538. The fourth-order valence-electron chi connectivity index (χ4n) is 2.34. The first-order valence-corrected chi connectivity index (χ1v) is 6.77. The van der Waals surface area contributed by atoms with Crippen LogP contribution in [0.2, 0.25) is 0 Å². The van der Waals surface area contributed by atoms with E-state index in [2.05, 4.69) is 46.0 Å². The van der Waals surface area contributed by atoms with Crippen molar-refractivity contribution in [3.63, 3.8) is 0 Å². The minimum Gasteiger partial charge on any atom is -0.388 e. The molecule has 1 aliphatic rings. The number of nitrogens with zero attached hydrogens (tertiary/aromatic N) is 1. The van der Waals surface area contributed by atoms with Gasteiger partial charge in [-0.2, -0.15) is 0 Å². The third-order valence-corrected chi connectivity index (χ3v) is 4.07. The number of aliphatic hydroxyl groups is 1. The number of aryl methyl sites for hydroxylation is 1. The molecule has 0 saturated carbocycles. The van der Waals surface area contributed by atoms with Crippen molar-refractivity contribution in [3.05, 3.63) is 28.2 Å². The zero-order valence-corrected chi connectivity index (χ0v) is 11.7. The molecule has 0 aliphatic carbocycles. The molecule has 94 valence electrons. The van der Waals surface area contributed by atoms with Crippen LogP contribution in [-0.2, 0) is 0 Å². The van der Waals surface area contributed by atoms with Gasteiger partial charge in [-0.05, 0) is 43.5 Å². The van der Waals surface area contributed by atoms with Crippen molar-refractivity contribution in [2.75, 3.05) is 24.5 Å². The van der Waals surface area contributed by atoms with Crippen LogP contribution >= 0.6 is 15.9 Å². The predicted octanol–water partition coefficient (Wildman–Crippen LogP) is 2.05. The van der Waals surface area contributed by atoms with Crippen molar-refractivity contribution >= 4 is 21.6 Å². The molecule has 0 atom stereocenters. The Morgan fingerprint density at radius 2 is 2.06 bits per heavy atom. The second-order valence-corrected chi connectivity index (χ2v) is 5.76. The van der Waals surface area contributed by atoms with Crippen LogP contribution in [0, 0.1) is 6.92 Å². The third kappa shape index (κ3) is 2.81. The Hall–Kier alpha value is -0.580. The zero-order chi connectivity index (χ0) is 12.5. The molecule has 1 aromatic carbocycles. The van der Waals surface area contributed by atoms with E-state index >= 15 is 0 Å². The van der Waals surface area contributed by atoms with Crippen LogP contribution in [0.15, 0.2) is 22.7 Å². The molecule has 0 amide bonds. The lowest BCUT2D eigenvalue weighted by atomic mass is 9.91. The van der Waals surface area contributed by atoms with Gasteiger partial charge in [0.15, 0.2) is 0 Å². The van der Waals surface area contributed by atoms with E-state index in [1.54, 1.807) is 0 Å². The van der Waals surface area contributed by atoms with Crippen LogP contribution in [0.1, 0.15) is 18.4 Å². The molecule has 1 aromatic rings. The maximum atomic E-state index is 10.1. The zero-order valence-electron chi connectivity index (χ0n) is 10.1. The summed E-state index contributed by atoms with van der Waals surface area (Å²) in [4.78, 5) is 2.33. The highest BCUT2D eigenvalue weighted by atomic mass is 79.9. The first-order chi connectivity index (χ1) is 8.04. The van der Waals surface area contributed by atoms with Crippen LogP contribution in [0.5, 0.6) is 0 Å². The van der Waals surface area contributed by atoms with E-state index in [9.17, 15) is 5.11 Å². The molecule has 0 aromatic heterocycles. The molecular formula is C13H19BrN2O. The Morgan fingerprint density at radius 1 is 1.41 bits per heavy atom. The number of benzene rings is 1. The molecule has 1 aliphatic heterocycles. The van der Waals surface area contributed by atoms with Crippen molar-refractivity contribution in [1.29, 1.82) is 0 Å². The third-order valence-electron chi connectivity index (χ3n) is 3.57. The van der Waals surface area contributed by atoms with Crippen molar-refractivity contribution in [2.24, 2.45) is 5.73 Å². The summed E-state index contributed by atoms with van der Waals surface area (Å²) in [6, 6.07) is 6.32. The van der Waals surface area contributed by atoms with E-state index in [1.807, 2.05) is 0 Å². The normalized spacial score (nSPS) is 19.4. The van der Waals surface area contributed by atoms with E-state index in [0.29, 0.717) is 6.54 Å². The molecular weight excluding hydrogens is 280 g/mol. The average Bonchev–Trinajstić information content (AvgIpc) is 2.31. The summed E-state index contributed by atoms with van der Waals surface area (Å²) in [5, 5.41) is 10.1. The van der Waals surface area contributed by atoms with E-state index in [4.69, 9.17) is 5.73 Å². The molecule has 0 spiro atoms. The summed E-state index contributed by atoms with van der Waals surface area (Å²) in [5.74, 6) is 0. The van der Waals surface area contributed by atoms with Crippen molar-refractivity contribution in [1.82, 2.24) is 0 Å². The molecule has 1 fully saturated rings. The highest BCUT2D eigenvalue weighted by Gasteiger charge is 2.31. The molecule has 1 saturated heterocycles. The van der Waals surface area contributed by atoms with Gasteiger partial charge >= 0.3 is 0 Å². The molecule has 3 nitrogen and oxygen atoms in total. The number of hydrogen-bond donors (Lipinski definition) is 2. The number of halogens is 1. The van der Waals surface area contributed by atoms with E-state index in [1.165, 1.54) is 11.3 Å². The number of anilines is 1. The predicted molar refractivity (Wildman–Crippen MR) is 74.3 cm³/mol. The maximum Gasteiger partial charge on any atom is 0.0803 e. The fourth-order valence-corrected chi connectivity index (χ4v) is 2.82. The van der Waals surface area contributed by atoms with Crippen molar-refractivity contribution < 1.29 is 5.11 Å². The lowest BCUT2D eigenvalue weighted by Crippen LogP contribution is -2.48. The van der Waals surface area contributed by atoms with Gasteiger partial charge in [0, 0.05) is 29.8 Å². The summed E-state index contributed by atoms with van der Waals surface area (Å²) in [6.07, 6.45) is 1.50.